The second-order valence-electron chi connectivity index (χ2n) is 8.86. The Morgan fingerprint density at radius 3 is 2.12 bits per heavy atom. The van der Waals surface area contributed by atoms with Gasteiger partial charge in [-0.2, -0.15) is 0 Å². The second kappa shape index (κ2) is 16.4. The fourth-order valence-electron chi connectivity index (χ4n) is 3.27. The number of ether oxygens (including phenoxy) is 1. The number of aromatic nitrogens is 1. The summed E-state index contributed by atoms with van der Waals surface area (Å²) in [6.07, 6.45) is 5.43. The summed E-state index contributed by atoms with van der Waals surface area (Å²) >= 11 is 0. The zero-order valence-electron chi connectivity index (χ0n) is 23.2. The molecular weight excluding hydrogens is 504 g/mol. The van der Waals surface area contributed by atoms with Gasteiger partial charge in [0.25, 0.3) is 5.91 Å². The highest BCUT2D eigenvalue weighted by Gasteiger charge is 2.44. The third-order valence-corrected chi connectivity index (χ3v) is 5.73. The quantitative estimate of drug-likeness (QED) is 0.113. The molecule has 1 saturated carbocycles. The molecule has 1 fully saturated rings. The van der Waals surface area contributed by atoms with Crippen molar-refractivity contribution in [3.63, 3.8) is 0 Å². The standard InChI is InChI=1S/C16H16N2O.C13H14N2O3.C2H6.CH4/c1-12-5-4-6-15(11-12)16(17-3)19-13(2)14-7-9-18-10-8-14;1-13(5-6-13)12(18)15-10-4-2-3-9(7-10)14-11(17)8-16;1-2;/h4-11H,2H2,1,3H3;2-4,7-8H,5-6H2,1H3,(H,14,17)(H,15,18);1-2H3;1H4. The van der Waals surface area contributed by atoms with Crippen molar-refractivity contribution in [2.24, 2.45) is 10.4 Å². The average molecular weight is 545 g/mol. The Balaban J connectivity index is 0.000000368. The van der Waals surface area contributed by atoms with Crippen LogP contribution >= 0.6 is 0 Å². The van der Waals surface area contributed by atoms with E-state index < -0.39 is 5.91 Å². The van der Waals surface area contributed by atoms with E-state index in [4.69, 9.17) is 4.74 Å². The summed E-state index contributed by atoms with van der Waals surface area (Å²) in [5.74, 6) is 0.393. The summed E-state index contributed by atoms with van der Waals surface area (Å²) in [5.41, 5.74) is 3.84. The van der Waals surface area contributed by atoms with Gasteiger partial charge >= 0.3 is 0 Å². The molecule has 0 radical (unpaired) electrons. The lowest BCUT2D eigenvalue weighted by atomic mass is 10.1. The maximum Gasteiger partial charge on any atom is 0.288 e. The number of rotatable bonds is 7. The van der Waals surface area contributed by atoms with E-state index >= 15 is 0 Å². The fourth-order valence-corrected chi connectivity index (χ4v) is 3.27. The highest BCUT2D eigenvalue weighted by molar-refractivity contribution is 6.29. The number of nitrogens with zero attached hydrogens (tertiary/aromatic N) is 2. The van der Waals surface area contributed by atoms with Crippen LogP contribution in [0.15, 0.2) is 84.6 Å². The molecule has 1 aromatic heterocycles. The molecule has 8 nitrogen and oxygen atoms in total. The zero-order valence-corrected chi connectivity index (χ0v) is 23.2. The molecule has 2 aromatic carbocycles. The molecule has 0 bridgehead atoms. The SMILES string of the molecule is C.C=C(OC(=NC)c1cccc(C)c1)c1ccncc1.CC.CC1(C(=O)Nc2cccc(NC(=O)C=O)c2)CC1. The van der Waals surface area contributed by atoms with Gasteiger partial charge in [0.05, 0.1) is 0 Å². The minimum atomic E-state index is -0.715. The molecule has 1 heterocycles. The molecular formula is C32H40N4O4. The number of carbonyl (C=O) groups excluding carboxylic acids is 3. The van der Waals surface area contributed by atoms with Gasteiger partial charge in [0, 0.05) is 47.4 Å². The first-order chi connectivity index (χ1) is 18.7. The van der Waals surface area contributed by atoms with Crippen LogP contribution in [0.25, 0.3) is 5.76 Å². The Morgan fingerprint density at radius 1 is 0.975 bits per heavy atom. The van der Waals surface area contributed by atoms with Gasteiger partial charge in [-0.1, -0.05) is 58.5 Å². The summed E-state index contributed by atoms with van der Waals surface area (Å²) in [6.45, 7) is 11.9. The maximum atomic E-state index is 11.8. The molecule has 1 aliphatic carbocycles. The minimum absolute atomic E-state index is 0. The van der Waals surface area contributed by atoms with Gasteiger partial charge in [0.2, 0.25) is 18.1 Å². The lowest BCUT2D eigenvalue weighted by molar-refractivity contribution is -0.127. The first-order valence-corrected chi connectivity index (χ1v) is 12.7. The lowest BCUT2D eigenvalue weighted by Crippen LogP contribution is -2.21. The number of carbonyl (C=O) groups is 3. The molecule has 2 N–H and O–H groups in total. The molecule has 0 saturated heterocycles. The number of aryl methyl sites for hydroxylation is 1. The number of aliphatic imine (C=N–C) groups is 1. The van der Waals surface area contributed by atoms with Crippen LogP contribution in [0.3, 0.4) is 0 Å². The fraction of sp³-hybridized carbons (Fsp3) is 0.281. The number of hydrogen-bond donors (Lipinski definition) is 2. The van der Waals surface area contributed by atoms with Crippen molar-refractivity contribution in [2.45, 2.75) is 48.0 Å². The van der Waals surface area contributed by atoms with Crippen molar-refractivity contribution in [2.75, 3.05) is 17.7 Å². The topological polar surface area (TPSA) is 110 Å². The Morgan fingerprint density at radius 2 is 1.57 bits per heavy atom. The highest BCUT2D eigenvalue weighted by Crippen LogP contribution is 2.45. The van der Waals surface area contributed by atoms with Crippen molar-refractivity contribution in [1.82, 2.24) is 4.98 Å². The van der Waals surface area contributed by atoms with Gasteiger partial charge < -0.3 is 15.4 Å². The molecule has 40 heavy (non-hydrogen) atoms. The van der Waals surface area contributed by atoms with E-state index in [-0.39, 0.29) is 25.0 Å². The van der Waals surface area contributed by atoms with Crippen LogP contribution in [0.4, 0.5) is 11.4 Å². The van der Waals surface area contributed by atoms with Crippen LogP contribution in [0.2, 0.25) is 0 Å². The monoisotopic (exact) mass is 544 g/mol. The van der Waals surface area contributed by atoms with Crippen molar-refractivity contribution in [3.05, 3.63) is 96.3 Å². The number of anilines is 2. The predicted molar refractivity (Wildman–Crippen MR) is 163 cm³/mol. The summed E-state index contributed by atoms with van der Waals surface area (Å²) in [4.78, 5) is 41.1. The van der Waals surface area contributed by atoms with E-state index in [0.717, 1.165) is 29.5 Å². The number of aldehydes is 1. The van der Waals surface area contributed by atoms with E-state index in [9.17, 15) is 14.4 Å². The second-order valence-corrected chi connectivity index (χ2v) is 8.86. The highest BCUT2D eigenvalue weighted by atomic mass is 16.5. The van der Waals surface area contributed by atoms with Gasteiger partial charge in [-0.15, -0.1) is 0 Å². The number of benzene rings is 2. The Bertz CT molecular complexity index is 1320. The third-order valence-electron chi connectivity index (χ3n) is 5.73. The number of amides is 2. The summed E-state index contributed by atoms with van der Waals surface area (Å²) in [6, 6.07) is 18.4. The molecule has 3 aromatic rings. The minimum Gasteiger partial charge on any atom is -0.439 e. The molecule has 8 heteroatoms. The number of pyridine rings is 1. The van der Waals surface area contributed by atoms with Crippen molar-refractivity contribution in [1.29, 1.82) is 0 Å². The molecule has 1 aliphatic rings. The van der Waals surface area contributed by atoms with E-state index in [1.807, 2.05) is 64.1 Å². The summed E-state index contributed by atoms with van der Waals surface area (Å²) in [7, 11) is 1.71. The van der Waals surface area contributed by atoms with Crippen molar-refractivity contribution in [3.8, 4) is 0 Å². The average Bonchev–Trinajstić information content (AvgIpc) is 3.72. The van der Waals surface area contributed by atoms with Crippen molar-refractivity contribution < 1.29 is 19.1 Å². The largest absolute Gasteiger partial charge is 0.439 e. The normalized spacial score (nSPS) is 12.5. The smallest absolute Gasteiger partial charge is 0.288 e. The van der Waals surface area contributed by atoms with Gasteiger partial charge in [-0.05, 0) is 62.2 Å². The predicted octanol–water partition coefficient (Wildman–Crippen LogP) is 6.68. The molecule has 0 aliphatic heterocycles. The first-order valence-electron chi connectivity index (χ1n) is 12.7. The summed E-state index contributed by atoms with van der Waals surface area (Å²) < 4.78 is 5.75. The van der Waals surface area contributed by atoms with E-state index in [2.05, 4.69) is 27.2 Å². The van der Waals surface area contributed by atoms with Gasteiger partial charge in [-0.25, -0.2) is 0 Å². The zero-order chi connectivity index (χ0) is 28.8. The summed E-state index contributed by atoms with van der Waals surface area (Å²) in [5, 5.41) is 5.20. The number of nitrogens with one attached hydrogen (secondary N) is 2. The molecule has 4 rings (SSSR count). The molecule has 2 amide bonds. The lowest BCUT2D eigenvalue weighted by Gasteiger charge is -2.11. The Kier molecular flexibility index (Phi) is 13.7. The van der Waals surface area contributed by atoms with Gasteiger partial charge in [0.15, 0.2) is 0 Å². The van der Waals surface area contributed by atoms with Crippen LogP contribution in [0.5, 0.6) is 0 Å². The maximum absolute atomic E-state index is 11.8. The van der Waals surface area contributed by atoms with E-state index in [1.165, 1.54) is 0 Å². The molecule has 0 spiro atoms. The van der Waals surface area contributed by atoms with Gasteiger partial charge in [-0.3, -0.25) is 24.4 Å². The van der Waals surface area contributed by atoms with E-state index in [0.29, 0.717) is 23.0 Å². The molecule has 0 unspecified atom stereocenters. The first kappa shape index (κ1) is 33.4. The van der Waals surface area contributed by atoms with Crippen LogP contribution < -0.4 is 10.6 Å². The third kappa shape index (κ3) is 10.3. The van der Waals surface area contributed by atoms with Crippen LogP contribution in [-0.2, 0) is 19.1 Å². The Labute approximate surface area is 237 Å². The number of hydrogen-bond acceptors (Lipinski definition) is 6. The van der Waals surface area contributed by atoms with Crippen LogP contribution in [0, 0.1) is 12.3 Å². The molecule has 0 atom stereocenters. The molecule has 212 valence electrons. The van der Waals surface area contributed by atoms with Crippen molar-refractivity contribution >= 4 is 41.1 Å². The van der Waals surface area contributed by atoms with Crippen LogP contribution in [-0.4, -0.2) is 36.0 Å². The van der Waals surface area contributed by atoms with Gasteiger partial charge in [0.1, 0.15) is 5.76 Å². The van der Waals surface area contributed by atoms with E-state index in [1.54, 1.807) is 43.7 Å². The Hall–Kier alpha value is -4.59. The van der Waals surface area contributed by atoms with Crippen LogP contribution in [0.1, 0.15) is 57.7 Å².